The quantitative estimate of drug-likeness (QED) is 0.897. The van der Waals surface area contributed by atoms with E-state index in [0.29, 0.717) is 5.69 Å². The first-order valence-electron chi connectivity index (χ1n) is 5.05. The van der Waals surface area contributed by atoms with Crippen molar-refractivity contribution in [3.05, 3.63) is 47.0 Å². The van der Waals surface area contributed by atoms with Gasteiger partial charge in [-0.3, -0.25) is 0 Å². The van der Waals surface area contributed by atoms with E-state index in [1.807, 2.05) is 0 Å². The van der Waals surface area contributed by atoms with Crippen molar-refractivity contribution in [3.63, 3.8) is 0 Å². The molecule has 0 radical (unpaired) electrons. The summed E-state index contributed by atoms with van der Waals surface area (Å²) in [6.45, 7) is 0.187. The van der Waals surface area contributed by atoms with E-state index in [9.17, 15) is 13.2 Å². The third kappa shape index (κ3) is 2.76. The second-order valence-corrected chi connectivity index (χ2v) is 4.00. The summed E-state index contributed by atoms with van der Waals surface area (Å²) in [5.74, 6) is 0. The minimum Gasteiger partial charge on any atom is -0.378 e. The largest absolute Gasteiger partial charge is 0.418 e. The minimum atomic E-state index is -4.44. The van der Waals surface area contributed by atoms with Gasteiger partial charge in [-0.15, -0.1) is 0 Å². The molecule has 0 spiro atoms. The van der Waals surface area contributed by atoms with Crippen molar-refractivity contribution in [1.82, 2.24) is 9.97 Å². The van der Waals surface area contributed by atoms with E-state index in [-0.39, 0.29) is 17.3 Å². The molecule has 1 heterocycles. The molecule has 0 atom stereocenters. The lowest BCUT2D eigenvalue weighted by Crippen LogP contribution is -2.11. The van der Waals surface area contributed by atoms with Crippen LogP contribution < -0.4 is 5.32 Å². The van der Waals surface area contributed by atoms with Gasteiger partial charge in [-0.1, -0.05) is 17.7 Å². The van der Waals surface area contributed by atoms with E-state index in [4.69, 9.17) is 11.6 Å². The van der Waals surface area contributed by atoms with Gasteiger partial charge in [-0.05, 0) is 12.1 Å². The van der Waals surface area contributed by atoms with E-state index >= 15 is 0 Å². The summed E-state index contributed by atoms with van der Waals surface area (Å²) in [6, 6.07) is 3.67. The molecule has 2 aromatic rings. The van der Waals surface area contributed by atoms with Crippen LogP contribution in [0.1, 0.15) is 11.3 Å². The maximum Gasteiger partial charge on any atom is 0.418 e. The van der Waals surface area contributed by atoms with Crippen molar-refractivity contribution in [1.29, 1.82) is 0 Å². The molecule has 0 unspecified atom stereocenters. The Kier molecular flexibility index (Phi) is 3.47. The highest BCUT2D eigenvalue weighted by atomic mass is 35.5. The van der Waals surface area contributed by atoms with Gasteiger partial charge in [0.25, 0.3) is 0 Å². The number of rotatable bonds is 3. The molecule has 1 aromatic heterocycles. The van der Waals surface area contributed by atoms with Gasteiger partial charge in [-0.2, -0.15) is 13.2 Å². The molecule has 0 fully saturated rings. The third-order valence-electron chi connectivity index (χ3n) is 2.33. The number of nitrogens with one attached hydrogen (secondary N) is 2. The van der Waals surface area contributed by atoms with Crippen molar-refractivity contribution >= 4 is 17.3 Å². The second-order valence-electron chi connectivity index (χ2n) is 3.59. The summed E-state index contributed by atoms with van der Waals surface area (Å²) in [6.07, 6.45) is -1.47. The van der Waals surface area contributed by atoms with Crippen LogP contribution in [0.4, 0.5) is 18.9 Å². The fourth-order valence-electron chi connectivity index (χ4n) is 1.51. The van der Waals surface area contributed by atoms with Crippen LogP contribution >= 0.6 is 11.6 Å². The molecule has 0 aliphatic carbocycles. The van der Waals surface area contributed by atoms with Gasteiger partial charge in [0.1, 0.15) is 0 Å². The number of aromatic amines is 1. The summed E-state index contributed by atoms with van der Waals surface area (Å²) in [4.78, 5) is 6.56. The maximum absolute atomic E-state index is 12.8. The fraction of sp³-hybridized carbons (Fsp3) is 0.182. The Bertz CT molecular complexity index is 523. The van der Waals surface area contributed by atoms with Gasteiger partial charge in [0.05, 0.1) is 34.8 Å². The molecule has 2 N–H and O–H groups in total. The van der Waals surface area contributed by atoms with Crippen LogP contribution in [0, 0.1) is 0 Å². The molecule has 0 amide bonds. The van der Waals surface area contributed by atoms with E-state index in [1.165, 1.54) is 24.7 Å². The minimum absolute atomic E-state index is 0.0318. The third-order valence-corrected chi connectivity index (χ3v) is 2.64. The number of halogens is 4. The zero-order valence-electron chi connectivity index (χ0n) is 9.05. The Labute approximate surface area is 106 Å². The first kappa shape index (κ1) is 12.8. The van der Waals surface area contributed by atoms with E-state index in [0.717, 1.165) is 6.07 Å². The van der Waals surface area contributed by atoms with Crippen LogP contribution in [0.3, 0.4) is 0 Å². The predicted octanol–water partition coefficient (Wildman–Crippen LogP) is 3.69. The highest BCUT2D eigenvalue weighted by Gasteiger charge is 2.34. The molecular weight excluding hydrogens is 267 g/mol. The van der Waals surface area contributed by atoms with Gasteiger partial charge in [-0.25, -0.2) is 4.98 Å². The molecule has 7 heteroatoms. The number of imidazole rings is 1. The van der Waals surface area contributed by atoms with Crippen LogP contribution in [-0.4, -0.2) is 9.97 Å². The summed E-state index contributed by atoms with van der Waals surface area (Å²) in [5, 5.41) is 2.70. The zero-order chi connectivity index (χ0) is 13.2. The molecule has 0 bridgehead atoms. The fourth-order valence-corrected chi connectivity index (χ4v) is 1.75. The Balaban J connectivity index is 2.26. The van der Waals surface area contributed by atoms with Crippen LogP contribution in [0.2, 0.25) is 5.02 Å². The highest BCUT2D eigenvalue weighted by Crippen LogP contribution is 2.38. The first-order valence-corrected chi connectivity index (χ1v) is 5.43. The molecule has 2 rings (SSSR count). The Hall–Kier alpha value is -1.69. The number of benzene rings is 1. The monoisotopic (exact) mass is 275 g/mol. The van der Waals surface area contributed by atoms with Gasteiger partial charge >= 0.3 is 6.18 Å². The van der Waals surface area contributed by atoms with E-state index in [1.54, 1.807) is 0 Å². The molecule has 3 nitrogen and oxygen atoms in total. The number of anilines is 1. The van der Waals surface area contributed by atoms with E-state index in [2.05, 4.69) is 15.3 Å². The van der Waals surface area contributed by atoms with E-state index < -0.39 is 11.7 Å². The molecule has 0 aliphatic heterocycles. The van der Waals surface area contributed by atoms with Gasteiger partial charge < -0.3 is 10.3 Å². The summed E-state index contributed by atoms with van der Waals surface area (Å²) >= 11 is 5.79. The number of alkyl halides is 3. The molecule has 0 saturated carbocycles. The molecular formula is C11H9ClF3N3. The highest BCUT2D eigenvalue weighted by molar-refractivity contribution is 6.33. The van der Waals surface area contributed by atoms with Gasteiger partial charge in [0, 0.05) is 6.20 Å². The average Bonchev–Trinajstić information content (AvgIpc) is 2.78. The van der Waals surface area contributed by atoms with Gasteiger partial charge in [0.2, 0.25) is 0 Å². The van der Waals surface area contributed by atoms with Crippen LogP contribution in [-0.2, 0) is 12.7 Å². The number of hydrogen-bond acceptors (Lipinski definition) is 2. The first-order chi connectivity index (χ1) is 8.48. The van der Waals surface area contributed by atoms with Crippen LogP contribution in [0.5, 0.6) is 0 Å². The second kappa shape index (κ2) is 4.89. The van der Waals surface area contributed by atoms with Crippen molar-refractivity contribution in [3.8, 4) is 0 Å². The zero-order valence-corrected chi connectivity index (χ0v) is 9.81. The number of H-pyrrole nitrogens is 1. The Morgan fingerprint density at radius 1 is 1.33 bits per heavy atom. The summed E-state index contributed by atoms with van der Waals surface area (Å²) in [5.41, 5.74) is -0.237. The number of aromatic nitrogens is 2. The summed E-state index contributed by atoms with van der Waals surface area (Å²) in [7, 11) is 0. The predicted molar refractivity (Wildman–Crippen MR) is 62.4 cm³/mol. The number of hydrogen-bond donors (Lipinski definition) is 2. The SMILES string of the molecule is FC(F)(F)c1cccc(Cl)c1NCc1cnc[nH]1. The van der Waals surface area contributed by atoms with Crippen molar-refractivity contribution in [2.75, 3.05) is 5.32 Å². The summed E-state index contributed by atoms with van der Waals surface area (Å²) < 4.78 is 38.3. The Morgan fingerprint density at radius 3 is 2.72 bits per heavy atom. The molecule has 96 valence electrons. The molecule has 0 saturated heterocycles. The number of nitrogens with zero attached hydrogens (tertiary/aromatic N) is 1. The molecule has 18 heavy (non-hydrogen) atoms. The smallest absolute Gasteiger partial charge is 0.378 e. The van der Waals surface area contributed by atoms with Crippen molar-refractivity contribution in [2.24, 2.45) is 0 Å². The van der Waals surface area contributed by atoms with Crippen LogP contribution in [0.25, 0.3) is 0 Å². The lowest BCUT2D eigenvalue weighted by atomic mass is 10.1. The normalized spacial score (nSPS) is 11.6. The lowest BCUT2D eigenvalue weighted by Gasteiger charge is -2.15. The van der Waals surface area contributed by atoms with Gasteiger partial charge in [0.15, 0.2) is 0 Å². The lowest BCUT2D eigenvalue weighted by molar-refractivity contribution is -0.136. The van der Waals surface area contributed by atoms with Crippen molar-refractivity contribution < 1.29 is 13.2 Å². The Morgan fingerprint density at radius 2 is 2.11 bits per heavy atom. The van der Waals surface area contributed by atoms with Crippen molar-refractivity contribution in [2.45, 2.75) is 12.7 Å². The maximum atomic E-state index is 12.8. The topological polar surface area (TPSA) is 40.7 Å². The molecule has 1 aromatic carbocycles. The standard InChI is InChI=1S/C11H9ClF3N3/c12-9-3-1-2-8(11(13,14)15)10(9)17-5-7-4-16-6-18-7/h1-4,6,17H,5H2,(H,16,18). The number of para-hydroxylation sites is 1. The average molecular weight is 276 g/mol. The van der Waals surface area contributed by atoms with Crippen LogP contribution in [0.15, 0.2) is 30.7 Å². The molecule has 0 aliphatic rings.